The van der Waals surface area contributed by atoms with E-state index >= 15 is 0 Å². The minimum atomic E-state index is -0.430. The Balaban J connectivity index is 0.00000150. The highest BCUT2D eigenvalue weighted by Crippen LogP contribution is 2.31. The van der Waals surface area contributed by atoms with E-state index in [1.54, 1.807) is 24.5 Å². The van der Waals surface area contributed by atoms with Gasteiger partial charge in [-0.2, -0.15) is 0 Å². The van der Waals surface area contributed by atoms with Gasteiger partial charge < -0.3 is 11.1 Å². The third-order valence-corrected chi connectivity index (χ3v) is 4.57. The number of halogens is 3. The summed E-state index contributed by atoms with van der Waals surface area (Å²) in [6, 6.07) is 8.44. The highest BCUT2D eigenvalue weighted by Gasteiger charge is 2.38. The molecule has 1 saturated carbocycles. The maximum absolute atomic E-state index is 13.4. The molecule has 1 aliphatic rings. The summed E-state index contributed by atoms with van der Waals surface area (Å²) in [7, 11) is 0. The van der Waals surface area contributed by atoms with Crippen LogP contribution in [0.5, 0.6) is 0 Å². The maximum Gasteiger partial charge on any atom is 0.251 e. The molecule has 2 aromatic heterocycles. The average molecular weight is 436 g/mol. The third kappa shape index (κ3) is 5.47. The summed E-state index contributed by atoms with van der Waals surface area (Å²) in [6.07, 6.45) is 7.75. The predicted octanol–water partition coefficient (Wildman–Crippen LogP) is 3.41. The van der Waals surface area contributed by atoms with Gasteiger partial charge in [-0.3, -0.25) is 14.8 Å². The van der Waals surface area contributed by atoms with E-state index in [-0.39, 0.29) is 36.3 Å². The predicted molar refractivity (Wildman–Crippen MR) is 114 cm³/mol. The van der Waals surface area contributed by atoms with Gasteiger partial charge in [-0.1, -0.05) is 12.1 Å². The molecule has 0 bridgehead atoms. The van der Waals surface area contributed by atoms with Gasteiger partial charge in [0.2, 0.25) is 0 Å². The molecule has 3 N–H and O–H groups in total. The second-order valence-corrected chi connectivity index (χ2v) is 6.80. The van der Waals surface area contributed by atoms with Crippen molar-refractivity contribution in [2.24, 2.45) is 5.73 Å². The van der Waals surface area contributed by atoms with E-state index in [0.29, 0.717) is 29.1 Å². The van der Waals surface area contributed by atoms with Crippen LogP contribution >= 0.6 is 24.8 Å². The fraction of sp³-hybridized carbons (Fsp3) is 0.200. The Morgan fingerprint density at radius 2 is 1.62 bits per heavy atom. The number of pyridine rings is 1. The number of nitrogens with two attached hydrogens (primary N) is 1. The number of hydrogen-bond donors (Lipinski definition) is 2. The van der Waals surface area contributed by atoms with Crippen LogP contribution in [0.1, 0.15) is 23.2 Å². The lowest BCUT2D eigenvalue weighted by atomic mass is 10.1. The molecule has 0 atom stereocenters. The summed E-state index contributed by atoms with van der Waals surface area (Å²) >= 11 is 0. The molecule has 3 aromatic rings. The largest absolute Gasteiger partial charge is 0.350 e. The van der Waals surface area contributed by atoms with Crippen LogP contribution in [-0.4, -0.2) is 32.9 Å². The molecule has 0 spiro atoms. The number of nitrogens with zero attached hydrogens (tertiary/aromatic N) is 3. The zero-order valence-electron chi connectivity index (χ0n) is 15.3. The lowest BCUT2D eigenvalue weighted by Crippen LogP contribution is -2.38. The Morgan fingerprint density at radius 1 is 1.00 bits per heavy atom. The fourth-order valence-electron chi connectivity index (χ4n) is 2.68. The lowest BCUT2D eigenvalue weighted by molar-refractivity contribution is 0.0950. The van der Waals surface area contributed by atoms with Crippen LogP contribution in [0.2, 0.25) is 0 Å². The molecular formula is C20H20Cl2FN5O. The molecule has 0 saturated heterocycles. The Hall–Kier alpha value is -2.61. The number of amides is 1. The normalized spacial score (nSPS) is 13.6. The number of hydrogen-bond acceptors (Lipinski definition) is 5. The lowest BCUT2D eigenvalue weighted by Gasteiger charge is -2.10. The van der Waals surface area contributed by atoms with E-state index in [1.807, 2.05) is 12.1 Å². The molecule has 9 heteroatoms. The molecule has 1 aromatic carbocycles. The van der Waals surface area contributed by atoms with Gasteiger partial charge >= 0.3 is 0 Å². The summed E-state index contributed by atoms with van der Waals surface area (Å²) in [4.78, 5) is 24.7. The zero-order chi connectivity index (χ0) is 18.9. The fourth-order valence-corrected chi connectivity index (χ4v) is 2.68. The maximum atomic E-state index is 13.4. The number of rotatable bonds is 5. The minimum Gasteiger partial charge on any atom is -0.350 e. The van der Waals surface area contributed by atoms with Gasteiger partial charge in [0.05, 0.1) is 30.0 Å². The van der Waals surface area contributed by atoms with Crippen LogP contribution in [0.25, 0.3) is 22.5 Å². The second kappa shape index (κ2) is 9.26. The minimum absolute atomic E-state index is 0. The van der Waals surface area contributed by atoms with Crippen molar-refractivity contribution in [3.8, 4) is 22.5 Å². The summed E-state index contributed by atoms with van der Waals surface area (Å²) in [5.74, 6) is -0.579. The van der Waals surface area contributed by atoms with Gasteiger partial charge in [0.25, 0.3) is 5.91 Å². The van der Waals surface area contributed by atoms with Crippen LogP contribution < -0.4 is 11.1 Å². The highest BCUT2D eigenvalue weighted by molar-refractivity contribution is 5.94. The van der Waals surface area contributed by atoms with Gasteiger partial charge in [-0.05, 0) is 31.0 Å². The highest BCUT2D eigenvalue weighted by atomic mass is 35.5. The van der Waals surface area contributed by atoms with Crippen molar-refractivity contribution in [3.63, 3.8) is 0 Å². The standard InChI is InChI=1S/C20H18FN5O.2ClH/c21-16-7-15(8-23-9-16)18-11-24-10-17(26-18)13-1-3-14(4-2-13)19(27)25-12-20(22)5-6-20;;/h1-4,7-11H,5-6,12,22H2,(H,25,27);2*1H. The van der Waals surface area contributed by atoms with Crippen LogP contribution in [0.4, 0.5) is 4.39 Å². The van der Waals surface area contributed by atoms with Crippen molar-refractivity contribution >= 4 is 30.7 Å². The summed E-state index contributed by atoms with van der Waals surface area (Å²) in [5, 5.41) is 2.86. The first-order valence-corrected chi connectivity index (χ1v) is 8.63. The zero-order valence-corrected chi connectivity index (χ0v) is 17.0. The molecule has 2 heterocycles. The van der Waals surface area contributed by atoms with Crippen molar-refractivity contribution in [2.45, 2.75) is 18.4 Å². The molecule has 29 heavy (non-hydrogen) atoms. The molecule has 1 amide bonds. The van der Waals surface area contributed by atoms with Crippen molar-refractivity contribution in [1.82, 2.24) is 20.3 Å². The molecule has 1 fully saturated rings. The molecule has 4 rings (SSSR count). The molecule has 0 unspecified atom stereocenters. The average Bonchev–Trinajstić information content (AvgIpc) is 3.44. The third-order valence-electron chi connectivity index (χ3n) is 4.57. The molecule has 152 valence electrons. The monoisotopic (exact) mass is 435 g/mol. The van der Waals surface area contributed by atoms with E-state index < -0.39 is 5.82 Å². The first-order valence-electron chi connectivity index (χ1n) is 8.63. The Morgan fingerprint density at radius 3 is 2.24 bits per heavy atom. The van der Waals surface area contributed by atoms with Crippen molar-refractivity contribution in [1.29, 1.82) is 0 Å². The van der Waals surface area contributed by atoms with E-state index in [1.165, 1.54) is 12.3 Å². The van der Waals surface area contributed by atoms with E-state index in [9.17, 15) is 9.18 Å². The Bertz CT molecular complexity index is 996. The summed E-state index contributed by atoms with van der Waals surface area (Å²) in [5.41, 5.74) is 8.83. The quantitative estimate of drug-likeness (QED) is 0.640. The smallest absolute Gasteiger partial charge is 0.251 e. The van der Waals surface area contributed by atoms with E-state index in [4.69, 9.17) is 5.73 Å². The van der Waals surface area contributed by atoms with Crippen LogP contribution in [0.3, 0.4) is 0 Å². The first kappa shape index (κ1) is 22.7. The summed E-state index contributed by atoms with van der Waals surface area (Å²) < 4.78 is 13.4. The molecule has 1 aliphatic carbocycles. The topological polar surface area (TPSA) is 93.8 Å². The molecular weight excluding hydrogens is 416 g/mol. The molecule has 0 radical (unpaired) electrons. The number of carbonyl (C=O) groups is 1. The number of benzene rings is 1. The SMILES string of the molecule is Cl.Cl.NC1(CNC(=O)c2ccc(-c3cncc(-c4cncc(F)c4)n3)cc2)CC1. The number of nitrogens with one attached hydrogen (secondary N) is 1. The van der Waals surface area contributed by atoms with Crippen LogP contribution in [0.15, 0.2) is 55.1 Å². The van der Waals surface area contributed by atoms with Gasteiger partial charge in [0, 0.05) is 35.0 Å². The van der Waals surface area contributed by atoms with Gasteiger partial charge in [-0.25, -0.2) is 9.37 Å². The van der Waals surface area contributed by atoms with Crippen molar-refractivity contribution in [3.05, 3.63) is 66.5 Å². The van der Waals surface area contributed by atoms with Crippen LogP contribution in [-0.2, 0) is 0 Å². The molecule has 0 aliphatic heterocycles. The van der Waals surface area contributed by atoms with Gasteiger partial charge in [-0.15, -0.1) is 24.8 Å². The Kier molecular flexibility index (Phi) is 7.24. The van der Waals surface area contributed by atoms with Crippen LogP contribution in [0, 0.1) is 5.82 Å². The Labute approximate surface area is 180 Å². The number of aromatic nitrogens is 3. The number of carbonyl (C=O) groups excluding carboxylic acids is 1. The van der Waals surface area contributed by atoms with Crippen molar-refractivity contribution in [2.75, 3.05) is 6.54 Å². The summed E-state index contributed by atoms with van der Waals surface area (Å²) in [6.45, 7) is 0.489. The van der Waals surface area contributed by atoms with Gasteiger partial charge in [0.1, 0.15) is 5.82 Å². The van der Waals surface area contributed by atoms with E-state index in [0.717, 1.165) is 24.6 Å². The van der Waals surface area contributed by atoms with Gasteiger partial charge in [0.15, 0.2) is 0 Å². The first-order chi connectivity index (χ1) is 13.0. The van der Waals surface area contributed by atoms with Crippen molar-refractivity contribution < 1.29 is 9.18 Å². The molecule has 6 nitrogen and oxygen atoms in total. The van der Waals surface area contributed by atoms with E-state index in [2.05, 4.69) is 20.3 Å². The second-order valence-electron chi connectivity index (χ2n) is 6.80.